The van der Waals surface area contributed by atoms with Crippen molar-refractivity contribution in [2.45, 2.75) is 77.7 Å². The lowest BCUT2D eigenvalue weighted by atomic mass is 9.76. The van der Waals surface area contributed by atoms with Crippen LogP contribution in [-0.4, -0.2) is 11.5 Å². The summed E-state index contributed by atoms with van der Waals surface area (Å²) in [6.07, 6.45) is 9.16. The van der Waals surface area contributed by atoms with Crippen LogP contribution in [0.2, 0.25) is 0 Å². The molecule has 2 aliphatic carbocycles. The molecule has 0 saturated heterocycles. The van der Waals surface area contributed by atoms with Crippen LogP contribution in [0.5, 0.6) is 0 Å². The standard InChI is InChI=1S/C17H28N2S/c1-4-9-18-13-10-17(2,3)11-14-15(13)20-16(19-14)12-7-5-6-8-12/h12-13,18H,4-11H2,1-3H3. The van der Waals surface area contributed by atoms with E-state index in [1.165, 1.54) is 49.2 Å². The van der Waals surface area contributed by atoms with Crippen LogP contribution >= 0.6 is 11.3 Å². The molecule has 112 valence electrons. The fraction of sp³-hybridized carbons (Fsp3) is 0.824. The molecule has 1 N–H and O–H groups in total. The Morgan fingerprint density at radius 2 is 2.05 bits per heavy atom. The van der Waals surface area contributed by atoms with Gasteiger partial charge >= 0.3 is 0 Å². The highest BCUT2D eigenvalue weighted by Gasteiger charge is 2.35. The molecule has 1 fully saturated rings. The number of fused-ring (bicyclic) bond motifs is 1. The molecule has 3 heteroatoms. The van der Waals surface area contributed by atoms with Crippen LogP contribution in [0, 0.1) is 5.41 Å². The Bertz CT molecular complexity index is 458. The molecule has 0 spiro atoms. The van der Waals surface area contributed by atoms with Gasteiger partial charge in [-0.05, 0) is 44.1 Å². The first-order valence-corrected chi connectivity index (χ1v) is 9.13. The number of nitrogens with one attached hydrogen (secondary N) is 1. The Hall–Kier alpha value is -0.410. The van der Waals surface area contributed by atoms with E-state index >= 15 is 0 Å². The molecule has 0 bridgehead atoms. The summed E-state index contributed by atoms with van der Waals surface area (Å²) in [5.41, 5.74) is 1.79. The van der Waals surface area contributed by atoms with Gasteiger partial charge in [0.15, 0.2) is 0 Å². The van der Waals surface area contributed by atoms with E-state index < -0.39 is 0 Å². The Balaban J connectivity index is 1.85. The summed E-state index contributed by atoms with van der Waals surface area (Å²) < 4.78 is 0. The molecule has 0 aliphatic heterocycles. The summed E-state index contributed by atoms with van der Waals surface area (Å²) in [5.74, 6) is 0.764. The number of aromatic nitrogens is 1. The highest BCUT2D eigenvalue weighted by molar-refractivity contribution is 7.12. The molecule has 20 heavy (non-hydrogen) atoms. The minimum Gasteiger partial charge on any atom is -0.309 e. The van der Waals surface area contributed by atoms with E-state index in [0.29, 0.717) is 11.5 Å². The van der Waals surface area contributed by atoms with Gasteiger partial charge in [-0.25, -0.2) is 4.98 Å². The van der Waals surface area contributed by atoms with Gasteiger partial charge in [-0.2, -0.15) is 0 Å². The highest BCUT2D eigenvalue weighted by atomic mass is 32.1. The van der Waals surface area contributed by atoms with Crippen molar-refractivity contribution in [3.05, 3.63) is 15.6 Å². The van der Waals surface area contributed by atoms with Gasteiger partial charge in [-0.3, -0.25) is 0 Å². The normalized spacial score (nSPS) is 25.9. The fourth-order valence-corrected chi connectivity index (χ4v) is 5.11. The molecule has 1 heterocycles. The Morgan fingerprint density at radius 1 is 1.30 bits per heavy atom. The van der Waals surface area contributed by atoms with Crippen LogP contribution < -0.4 is 5.32 Å². The summed E-state index contributed by atoms with van der Waals surface area (Å²) in [6, 6.07) is 0.543. The first-order chi connectivity index (χ1) is 9.59. The second kappa shape index (κ2) is 5.76. The molecule has 0 radical (unpaired) electrons. The third kappa shape index (κ3) is 2.94. The van der Waals surface area contributed by atoms with Crippen molar-refractivity contribution in [3.8, 4) is 0 Å². The summed E-state index contributed by atoms with van der Waals surface area (Å²) in [4.78, 5) is 6.62. The van der Waals surface area contributed by atoms with Gasteiger partial charge in [0.2, 0.25) is 0 Å². The predicted octanol–water partition coefficient (Wildman–Crippen LogP) is 4.81. The van der Waals surface area contributed by atoms with E-state index in [0.717, 1.165) is 18.9 Å². The minimum absolute atomic E-state index is 0.388. The SMILES string of the molecule is CCCNC1CC(C)(C)Cc2nc(C3CCCC3)sc21. The van der Waals surface area contributed by atoms with Crippen molar-refractivity contribution in [3.63, 3.8) is 0 Å². The average Bonchev–Trinajstić information content (AvgIpc) is 3.02. The van der Waals surface area contributed by atoms with Crippen molar-refractivity contribution >= 4 is 11.3 Å². The number of hydrogen-bond acceptors (Lipinski definition) is 3. The second-order valence-electron chi connectivity index (χ2n) is 7.40. The van der Waals surface area contributed by atoms with E-state index in [-0.39, 0.29) is 0 Å². The molecular formula is C17H28N2S. The van der Waals surface area contributed by atoms with Gasteiger partial charge in [0.1, 0.15) is 0 Å². The fourth-order valence-electron chi connectivity index (χ4n) is 3.78. The van der Waals surface area contributed by atoms with Crippen LogP contribution in [0.4, 0.5) is 0 Å². The molecule has 2 aliphatic rings. The molecular weight excluding hydrogens is 264 g/mol. The Kier molecular flexibility index (Phi) is 4.19. The van der Waals surface area contributed by atoms with E-state index in [4.69, 9.17) is 4.98 Å². The van der Waals surface area contributed by atoms with Crippen molar-refractivity contribution in [1.29, 1.82) is 0 Å². The summed E-state index contributed by atoms with van der Waals surface area (Å²) in [5, 5.41) is 5.20. The van der Waals surface area contributed by atoms with Gasteiger partial charge in [0.05, 0.1) is 10.7 Å². The van der Waals surface area contributed by atoms with Crippen molar-refractivity contribution < 1.29 is 0 Å². The van der Waals surface area contributed by atoms with Gasteiger partial charge < -0.3 is 5.32 Å². The molecule has 1 aromatic heterocycles. The van der Waals surface area contributed by atoms with Crippen LogP contribution in [0.15, 0.2) is 0 Å². The number of hydrogen-bond donors (Lipinski definition) is 1. The number of rotatable bonds is 4. The summed E-state index contributed by atoms with van der Waals surface area (Å²) in [6.45, 7) is 8.16. The van der Waals surface area contributed by atoms with Crippen LogP contribution in [0.3, 0.4) is 0 Å². The van der Waals surface area contributed by atoms with E-state index in [1.54, 1.807) is 4.88 Å². The van der Waals surface area contributed by atoms with Crippen molar-refractivity contribution in [1.82, 2.24) is 10.3 Å². The summed E-state index contributed by atoms with van der Waals surface area (Å²) >= 11 is 2.02. The maximum Gasteiger partial charge on any atom is 0.0962 e. The molecule has 1 aromatic rings. The zero-order valence-electron chi connectivity index (χ0n) is 13.2. The first-order valence-electron chi connectivity index (χ1n) is 8.32. The molecule has 2 nitrogen and oxygen atoms in total. The zero-order chi connectivity index (χ0) is 14.2. The first kappa shape index (κ1) is 14.5. The Morgan fingerprint density at radius 3 is 2.75 bits per heavy atom. The lowest BCUT2D eigenvalue weighted by molar-refractivity contribution is 0.258. The smallest absolute Gasteiger partial charge is 0.0962 e. The van der Waals surface area contributed by atoms with Crippen molar-refractivity contribution in [2.75, 3.05) is 6.54 Å². The molecule has 0 amide bonds. The van der Waals surface area contributed by atoms with E-state index in [9.17, 15) is 0 Å². The van der Waals surface area contributed by atoms with E-state index in [2.05, 4.69) is 26.1 Å². The van der Waals surface area contributed by atoms with Gasteiger partial charge in [-0.15, -0.1) is 11.3 Å². The molecule has 3 rings (SSSR count). The highest BCUT2D eigenvalue weighted by Crippen LogP contribution is 2.46. The summed E-state index contributed by atoms with van der Waals surface area (Å²) in [7, 11) is 0. The largest absolute Gasteiger partial charge is 0.309 e. The van der Waals surface area contributed by atoms with Crippen LogP contribution in [0.1, 0.15) is 86.8 Å². The van der Waals surface area contributed by atoms with E-state index in [1.807, 2.05) is 11.3 Å². The maximum absolute atomic E-state index is 5.07. The lowest BCUT2D eigenvalue weighted by Crippen LogP contribution is -2.33. The third-order valence-corrected chi connectivity index (χ3v) is 6.18. The molecule has 1 atom stereocenters. The predicted molar refractivity (Wildman–Crippen MR) is 86.5 cm³/mol. The Labute approximate surface area is 127 Å². The molecule has 1 saturated carbocycles. The minimum atomic E-state index is 0.388. The molecule has 0 aromatic carbocycles. The lowest BCUT2D eigenvalue weighted by Gasteiger charge is -2.34. The third-order valence-electron chi connectivity index (χ3n) is 4.81. The molecule has 1 unspecified atom stereocenters. The van der Waals surface area contributed by atoms with Crippen LogP contribution in [0.25, 0.3) is 0 Å². The quantitative estimate of drug-likeness (QED) is 0.861. The maximum atomic E-state index is 5.07. The zero-order valence-corrected chi connectivity index (χ0v) is 14.0. The second-order valence-corrected chi connectivity index (χ2v) is 8.46. The topological polar surface area (TPSA) is 24.9 Å². The van der Waals surface area contributed by atoms with Crippen LogP contribution in [-0.2, 0) is 6.42 Å². The van der Waals surface area contributed by atoms with Gasteiger partial charge in [0.25, 0.3) is 0 Å². The number of thiazole rings is 1. The number of nitrogens with zero attached hydrogens (tertiary/aromatic N) is 1. The van der Waals surface area contributed by atoms with Gasteiger partial charge in [0, 0.05) is 16.8 Å². The average molecular weight is 292 g/mol. The monoisotopic (exact) mass is 292 g/mol. The van der Waals surface area contributed by atoms with Gasteiger partial charge in [-0.1, -0.05) is 33.6 Å². The van der Waals surface area contributed by atoms with Crippen molar-refractivity contribution in [2.24, 2.45) is 5.41 Å².